The standard InChI is InChI=1S/C24H21ClN4O6/c1-35-16-4-2-3-15(20(16)30)19-17-18(24(28-19,23(33)34)9-13-10-26-11-27-13)22(32)29(21(17)31)14-7-5-12(25)6-8-14/h2-8,10-11,17-19,28,30H,9H2,1H3,(H,26,27)(H,33,34)/t17-,18-,19+,24+/m1/s1. The summed E-state index contributed by atoms with van der Waals surface area (Å²) < 4.78 is 5.21. The topological polar surface area (TPSA) is 145 Å². The molecule has 0 unspecified atom stereocenters. The number of aromatic hydroxyl groups is 1. The highest BCUT2D eigenvalue weighted by molar-refractivity contribution is 6.31. The van der Waals surface area contributed by atoms with Crippen molar-refractivity contribution >= 4 is 35.1 Å². The minimum Gasteiger partial charge on any atom is -0.504 e. The third kappa shape index (κ3) is 3.44. The number of carboxylic acid groups (broad SMARTS) is 1. The highest BCUT2D eigenvalue weighted by atomic mass is 35.5. The Bertz CT molecular complexity index is 1310. The second-order valence-corrected chi connectivity index (χ2v) is 8.98. The Balaban J connectivity index is 1.68. The number of benzene rings is 2. The molecule has 3 aromatic rings. The van der Waals surface area contributed by atoms with Gasteiger partial charge in [0.25, 0.3) is 0 Å². The summed E-state index contributed by atoms with van der Waals surface area (Å²) in [5, 5.41) is 24.8. The number of amides is 2. The first-order valence-corrected chi connectivity index (χ1v) is 11.1. The van der Waals surface area contributed by atoms with E-state index in [1.165, 1.54) is 31.8 Å². The fourth-order valence-electron chi connectivity index (χ4n) is 5.19. The van der Waals surface area contributed by atoms with Crippen LogP contribution < -0.4 is 15.0 Å². The van der Waals surface area contributed by atoms with Gasteiger partial charge in [-0.05, 0) is 30.3 Å². The number of fused-ring (bicyclic) bond motifs is 1. The summed E-state index contributed by atoms with van der Waals surface area (Å²) in [5.74, 6) is -4.97. The smallest absolute Gasteiger partial charge is 0.325 e. The monoisotopic (exact) mass is 496 g/mol. The summed E-state index contributed by atoms with van der Waals surface area (Å²) in [6.07, 6.45) is 2.73. The van der Waals surface area contributed by atoms with Crippen molar-refractivity contribution in [1.82, 2.24) is 15.3 Å². The van der Waals surface area contributed by atoms with Gasteiger partial charge in [0.15, 0.2) is 11.5 Å². The van der Waals surface area contributed by atoms with Gasteiger partial charge in [0.1, 0.15) is 5.54 Å². The number of halogens is 1. The van der Waals surface area contributed by atoms with E-state index in [0.29, 0.717) is 10.7 Å². The van der Waals surface area contributed by atoms with Crippen LogP contribution in [-0.4, -0.2) is 50.6 Å². The average Bonchev–Trinajstić information content (AvgIpc) is 3.53. The lowest BCUT2D eigenvalue weighted by Gasteiger charge is -2.31. The Labute approximate surface area is 204 Å². The second-order valence-electron chi connectivity index (χ2n) is 8.54. The Hall–Kier alpha value is -3.89. The third-order valence-corrected chi connectivity index (χ3v) is 6.98. The number of carbonyl (C=O) groups excluding carboxylic acids is 2. The van der Waals surface area contributed by atoms with Gasteiger partial charge in [-0.25, -0.2) is 9.88 Å². The molecule has 5 rings (SSSR count). The van der Waals surface area contributed by atoms with E-state index < -0.39 is 41.2 Å². The number of hydrogen-bond donors (Lipinski definition) is 4. The lowest BCUT2D eigenvalue weighted by molar-refractivity contribution is -0.148. The van der Waals surface area contributed by atoms with Crippen molar-refractivity contribution in [2.75, 3.05) is 12.0 Å². The van der Waals surface area contributed by atoms with E-state index in [9.17, 15) is 24.6 Å². The molecular formula is C24H21ClN4O6. The number of phenols is 1. The first-order valence-electron chi connectivity index (χ1n) is 10.8. The van der Waals surface area contributed by atoms with Gasteiger partial charge in [-0.15, -0.1) is 0 Å². The molecule has 2 fully saturated rings. The molecule has 1 aromatic heterocycles. The SMILES string of the molecule is COc1cccc([C@@H]2N[C@](Cc3cnc[nH]3)(C(=O)O)[C@H]3C(=O)N(c4ccc(Cl)cc4)C(=O)[C@@H]23)c1O. The van der Waals surface area contributed by atoms with Crippen LogP contribution in [0.1, 0.15) is 17.3 Å². The van der Waals surface area contributed by atoms with Crippen LogP contribution in [0.4, 0.5) is 5.69 Å². The molecule has 0 aliphatic carbocycles. The van der Waals surface area contributed by atoms with Gasteiger partial charge in [0.05, 0.1) is 31.0 Å². The van der Waals surface area contributed by atoms with Gasteiger partial charge in [-0.2, -0.15) is 0 Å². The Morgan fingerprint density at radius 2 is 1.94 bits per heavy atom. The number of ether oxygens (including phenoxy) is 1. The number of para-hydroxylation sites is 1. The van der Waals surface area contributed by atoms with Gasteiger partial charge in [0, 0.05) is 34.9 Å². The van der Waals surface area contributed by atoms with E-state index in [1.54, 1.807) is 30.3 Å². The molecule has 0 spiro atoms. The molecule has 2 aliphatic heterocycles. The zero-order valence-corrected chi connectivity index (χ0v) is 19.2. The number of rotatable bonds is 6. The van der Waals surface area contributed by atoms with Gasteiger partial charge < -0.3 is 19.9 Å². The van der Waals surface area contributed by atoms with E-state index >= 15 is 0 Å². The van der Waals surface area contributed by atoms with E-state index in [4.69, 9.17) is 16.3 Å². The van der Waals surface area contributed by atoms with Crippen LogP contribution in [-0.2, 0) is 20.8 Å². The number of methoxy groups -OCH3 is 1. The van der Waals surface area contributed by atoms with Gasteiger partial charge in [-0.1, -0.05) is 23.7 Å². The quantitative estimate of drug-likeness (QED) is 0.380. The second kappa shape index (κ2) is 8.40. The van der Waals surface area contributed by atoms with Crippen molar-refractivity contribution in [3.8, 4) is 11.5 Å². The molecule has 10 nitrogen and oxygen atoms in total. The van der Waals surface area contributed by atoms with Crippen LogP contribution in [0.25, 0.3) is 0 Å². The maximum atomic E-state index is 13.8. The predicted molar refractivity (Wildman–Crippen MR) is 124 cm³/mol. The third-order valence-electron chi connectivity index (χ3n) is 6.73. The molecule has 4 atom stereocenters. The number of aliphatic carboxylic acids is 1. The van der Waals surface area contributed by atoms with Crippen molar-refractivity contribution in [2.45, 2.75) is 18.0 Å². The molecule has 2 aromatic carbocycles. The molecular weight excluding hydrogens is 476 g/mol. The van der Waals surface area contributed by atoms with Crippen LogP contribution in [0.3, 0.4) is 0 Å². The summed E-state index contributed by atoms with van der Waals surface area (Å²) in [7, 11) is 1.38. The first kappa shape index (κ1) is 22.9. The number of nitrogens with zero attached hydrogens (tertiary/aromatic N) is 2. The number of phenolic OH excluding ortho intramolecular Hbond substituents is 1. The summed E-state index contributed by atoms with van der Waals surface area (Å²) in [6, 6.07) is 9.91. The molecule has 0 bridgehead atoms. The molecule has 2 aliphatic rings. The van der Waals surface area contributed by atoms with Crippen molar-refractivity contribution in [1.29, 1.82) is 0 Å². The summed E-state index contributed by atoms with van der Waals surface area (Å²) in [6.45, 7) is 0. The largest absolute Gasteiger partial charge is 0.504 e. The van der Waals surface area contributed by atoms with E-state index in [2.05, 4.69) is 15.3 Å². The van der Waals surface area contributed by atoms with E-state index in [0.717, 1.165) is 4.90 Å². The van der Waals surface area contributed by atoms with Gasteiger partial charge >= 0.3 is 5.97 Å². The number of anilines is 1. The molecule has 0 radical (unpaired) electrons. The Morgan fingerprint density at radius 1 is 1.20 bits per heavy atom. The molecule has 180 valence electrons. The van der Waals surface area contributed by atoms with Crippen LogP contribution in [0.5, 0.6) is 11.5 Å². The summed E-state index contributed by atoms with van der Waals surface area (Å²) in [5.41, 5.74) is -0.843. The lowest BCUT2D eigenvalue weighted by Crippen LogP contribution is -2.57. The number of hydrogen-bond acceptors (Lipinski definition) is 7. The van der Waals surface area contributed by atoms with Gasteiger partial charge in [-0.3, -0.25) is 19.7 Å². The number of carboxylic acids is 1. The highest BCUT2D eigenvalue weighted by Gasteiger charge is 2.69. The number of aromatic amines is 1. The normalized spacial score (nSPS) is 25.7. The number of nitrogens with one attached hydrogen (secondary N) is 2. The molecule has 4 N–H and O–H groups in total. The first-order chi connectivity index (χ1) is 16.8. The van der Waals surface area contributed by atoms with Crippen LogP contribution in [0, 0.1) is 11.8 Å². The molecule has 2 amide bonds. The average molecular weight is 497 g/mol. The maximum Gasteiger partial charge on any atom is 0.325 e. The van der Waals surface area contributed by atoms with Crippen LogP contribution >= 0.6 is 11.6 Å². The minimum atomic E-state index is -1.86. The number of aromatic nitrogens is 2. The van der Waals surface area contributed by atoms with Crippen LogP contribution in [0.15, 0.2) is 55.0 Å². The summed E-state index contributed by atoms with van der Waals surface area (Å²) >= 11 is 5.98. The predicted octanol–water partition coefficient (Wildman–Crippen LogP) is 2.29. The molecule has 35 heavy (non-hydrogen) atoms. The van der Waals surface area contributed by atoms with Crippen molar-refractivity contribution in [3.63, 3.8) is 0 Å². The molecule has 11 heteroatoms. The summed E-state index contributed by atoms with van der Waals surface area (Å²) in [4.78, 5) is 48.2. The maximum absolute atomic E-state index is 13.8. The zero-order chi connectivity index (χ0) is 24.9. The lowest BCUT2D eigenvalue weighted by atomic mass is 9.77. The van der Waals surface area contributed by atoms with Crippen LogP contribution in [0.2, 0.25) is 5.02 Å². The van der Waals surface area contributed by atoms with Gasteiger partial charge in [0.2, 0.25) is 11.8 Å². The van der Waals surface area contributed by atoms with E-state index in [-0.39, 0.29) is 29.2 Å². The molecule has 2 saturated heterocycles. The number of imidazole rings is 1. The minimum absolute atomic E-state index is 0.141. The molecule has 0 saturated carbocycles. The van der Waals surface area contributed by atoms with Crippen molar-refractivity contribution in [3.05, 3.63) is 71.3 Å². The van der Waals surface area contributed by atoms with E-state index in [1.807, 2.05) is 0 Å². The zero-order valence-electron chi connectivity index (χ0n) is 18.4. The van der Waals surface area contributed by atoms with Crippen molar-refractivity contribution < 1.29 is 29.3 Å². The number of imide groups is 1. The Kier molecular flexibility index (Phi) is 5.49. The van der Waals surface area contributed by atoms with Crippen molar-refractivity contribution in [2.24, 2.45) is 11.8 Å². The fraction of sp³-hybridized carbons (Fsp3) is 0.250. The number of carbonyl (C=O) groups is 3. The highest BCUT2D eigenvalue weighted by Crippen LogP contribution is 2.52. The Morgan fingerprint density at radius 3 is 2.57 bits per heavy atom. The fourth-order valence-corrected chi connectivity index (χ4v) is 5.31. The number of H-pyrrole nitrogens is 1. The molecule has 3 heterocycles.